The van der Waals surface area contributed by atoms with E-state index in [1.807, 2.05) is 22.6 Å². The smallest absolute Gasteiger partial charge is 0.358 e. The third-order valence-electron chi connectivity index (χ3n) is 2.33. The normalized spacial score (nSPS) is 11.2. The van der Waals surface area contributed by atoms with Gasteiger partial charge in [0.2, 0.25) is 0 Å². The van der Waals surface area contributed by atoms with Crippen molar-refractivity contribution in [2.24, 2.45) is 0 Å². The number of sulfonamides is 1. The van der Waals surface area contributed by atoms with Gasteiger partial charge in [-0.2, -0.15) is 0 Å². The molecule has 1 aromatic heterocycles. The van der Waals surface area contributed by atoms with Crippen molar-refractivity contribution in [1.29, 1.82) is 0 Å². The molecule has 1 N–H and O–H groups in total. The van der Waals surface area contributed by atoms with Crippen LogP contribution in [0.1, 0.15) is 10.5 Å². The summed E-state index contributed by atoms with van der Waals surface area (Å²) >= 11 is 8.62. The summed E-state index contributed by atoms with van der Waals surface area (Å²) < 4.78 is 32.1. The zero-order chi connectivity index (χ0) is 15.6. The number of rotatable bonds is 4. The fraction of sp³-hybridized carbons (Fsp3) is 0.0909. The predicted molar refractivity (Wildman–Crippen MR) is 88.4 cm³/mol. The molecule has 2 aromatic rings. The fourth-order valence-electron chi connectivity index (χ4n) is 1.42. The van der Waals surface area contributed by atoms with Gasteiger partial charge in [0, 0.05) is 8.59 Å². The second kappa shape index (κ2) is 6.46. The minimum Gasteiger partial charge on any atom is -0.464 e. The Hall–Kier alpha value is -0.910. The topological polar surface area (TPSA) is 85.4 Å². The first-order valence-corrected chi connectivity index (χ1v) is 9.17. The molecule has 21 heavy (non-hydrogen) atoms. The summed E-state index contributed by atoms with van der Waals surface area (Å²) in [5, 5.41) is 0.496. The summed E-state index contributed by atoms with van der Waals surface area (Å²) in [6.07, 6.45) is 0. The number of hydrogen-bond acceptors (Lipinski definition) is 6. The van der Waals surface area contributed by atoms with E-state index in [9.17, 15) is 13.2 Å². The van der Waals surface area contributed by atoms with Crippen molar-refractivity contribution in [3.63, 3.8) is 0 Å². The molecular weight excluding hydrogens is 451 g/mol. The maximum Gasteiger partial charge on any atom is 0.358 e. The van der Waals surface area contributed by atoms with Crippen molar-refractivity contribution in [3.8, 4) is 0 Å². The van der Waals surface area contributed by atoms with Crippen LogP contribution in [0.2, 0.25) is 5.02 Å². The molecule has 112 valence electrons. The third-order valence-corrected chi connectivity index (χ3v) is 6.20. The van der Waals surface area contributed by atoms with E-state index in [1.165, 1.54) is 5.51 Å². The van der Waals surface area contributed by atoms with E-state index in [0.29, 0.717) is 14.3 Å². The Labute approximate surface area is 143 Å². The maximum atomic E-state index is 12.4. The largest absolute Gasteiger partial charge is 0.464 e. The Kier molecular flexibility index (Phi) is 5.07. The third kappa shape index (κ3) is 3.65. The van der Waals surface area contributed by atoms with Gasteiger partial charge < -0.3 is 4.74 Å². The van der Waals surface area contributed by atoms with E-state index in [0.717, 1.165) is 18.4 Å². The van der Waals surface area contributed by atoms with Crippen LogP contribution >= 0.6 is 45.5 Å². The van der Waals surface area contributed by atoms with E-state index >= 15 is 0 Å². The van der Waals surface area contributed by atoms with E-state index < -0.39 is 16.0 Å². The number of carbonyl (C=O) groups excluding carboxylic acids is 1. The average molecular weight is 459 g/mol. The SMILES string of the molecule is COC(=O)c1ncsc1S(=O)(=O)Nc1ccc(Cl)cc1I. The van der Waals surface area contributed by atoms with Crippen LogP contribution < -0.4 is 4.72 Å². The van der Waals surface area contributed by atoms with E-state index in [4.69, 9.17) is 11.6 Å². The summed E-state index contributed by atoms with van der Waals surface area (Å²) in [7, 11) is -2.77. The quantitative estimate of drug-likeness (QED) is 0.562. The Morgan fingerprint density at radius 3 is 2.81 bits per heavy atom. The molecule has 0 radical (unpaired) electrons. The molecular formula is C11H8ClIN2O4S2. The average Bonchev–Trinajstić information content (AvgIpc) is 2.91. The molecule has 1 heterocycles. The summed E-state index contributed by atoms with van der Waals surface area (Å²) in [6, 6.07) is 4.73. The molecule has 10 heteroatoms. The molecule has 0 unspecified atom stereocenters. The van der Waals surface area contributed by atoms with Crippen LogP contribution in [-0.2, 0) is 14.8 Å². The second-order valence-corrected chi connectivity index (χ2v) is 8.04. The number of methoxy groups -OCH3 is 1. The van der Waals surface area contributed by atoms with Gasteiger partial charge in [-0.3, -0.25) is 4.72 Å². The Balaban J connectivity index is 2.39. The number of anilines is 1. The molecule has 0 saturated carbocycles. The highest BCUT2D eigenvalue weighted by molar-refractivity contribution is 14.1. The summed E-state index contributed by atoms with van der Waals surface area (Å²) in [6.45, 7) is 0. The lowest BCUT2D eigenvalue weighted by Crippen LogP contribution is -2.16. The molecule has 0 aliphatic rings. The first-order chi connectivity index (χ1) is 9.85. The lowest BCUT2D eigenvalue weighted by molar-refractivity contribution is 0.0590. The summed E-state index contributed by atoms with van der Waals surface area (Å²) in [5.74, 6) is -0.803. The lowest BCUT2D eigenvalue weighted by Gasteiger charge is -2.09. The molecule has 0 aliphatic heterocycles. The maximum absolute atomic E-state index is 12.4. The Morgan fingerprint density at radius 2 is 2.19 bits per heavy atom. The van der Waals surface area contributed by atoms with Gasteiger partial charge in [0.05, 0.1) is 18.3 Å². The molecule has 0 bridgehead atoms. The van der Waals surface area contributed by atoms with Gasteiger partial charge in [-0.1, -0.05) is 11.6 Å². The highest BCUT2D eigenvalue weighted by atomic mass is 127. The number of aromatic nitrogens is 1. The first kappa shape index (κ1) is 16.5. The summed E-state index contributed by atoms with van der Waals surface area (Å²) in [5.41, 5.74) is 1.40. The van der Waals surface area contributed by atoms with Crippen molar-refractivity contribution >= 4 is 67.2 Å². The minimum absolute atomic E-state index is 0.194. The number of carbonyl (C=O) groups is 1. The van der Waals surface area contributed by atoms with Gasteiger partial charge in [0.25, 0.3) is 10.0 Å². The number of ether oxygens (including phenoxy) is 1. The molecule has 1 aromatic carbocycles. The lowest BCUT2D eigenvalue weighted by atomic mass is 10.3. The van der Waals surface area contributed by atoms with Gasteiger partial charge in [0.15, 0.2) is 9.90 Å². The Morgan fingerprint density at radius 1 is 1.48 bits per heavy atom. The van der Waals surface area contributed by atoms with Crippen LogP contribution in [0.15, 0.2) is 27.9 Å². The molecule has 0 saturated heterocycles. The van der Waals surface area contributed by atoms with E-state index in [1.54, 1.807) is 18.2 Å². The second-order valence-electron chi connectivity index (χ2n) is 3.71. The number of hydrogen-bond donors (Lipinski definition) is 1. The van der Waals surface area contributed by atoms with Crippen molar-refractivity contribution in [2.45, 2.75) is 4.21 Å². The van der Waals surface area contributed by atoms with E-state index in [-0.39, 0.29) is 9.90 Å². The van der Waals surface area contributed by atoms with Crippen molar-refractivity contribution in [2.75, 3.05) is 11.8 Å². The molecule has 2 rings (SSSR count). The molecule has 0 amide bonds. The summed E-state index contributed by atoms with van der Waals surface area (Å²) in [4.78, 5) is 15.3. The van der Waals surface area contributed by atoms with Crippen molar-refractivity contribution in [1.82, 2.24) is 4.98 Å². The monoisotopic (exact) mass is 458 g/mol. The van der Waals surface area contributed by atoms with Gasteiger partial charge >= 0.3 is 5.97 Å². The fourth-order valence-corrected chi connectivity index (χ4v) is 4.82. The first-order valence-electron chi connectivity index (χ1n) is 5.35. The zero-order valence-electron chi connectivity index (χ0n) is 10.5. The zero-order valence-corrected chi connectivity index (χ0v) is 15.0. The molecule has 0 atom stereocenters. The van der Waals surface area contributed by atoms with Crippen molar-refractivity contribution in [3.05, 3.63) is 38.0 Å². The molecule has 0 fully saturated rings. The van der Waals surface area contributed by atoms with Crippen molar-refractivity contribution < 1.29 is 17.9 Å². The number of esters is 1. The number of thiazole rings is 1. The number of nitrogens with one attached hydrogen (secondary N) is 1. The highest BCUT2D eigenvalue weighted by Gasteiger charge is 2.27. The van der Waals surface area contributed by atoms with E-state index in [2.05, 4.69) is 14.4 Å². The predicted octanol–water partition coefficient (Wildman–Crippen LogP) is 2.99. The number of halogens is 2. The van der Waals surface area contributed by atoms with Crippen LogP contribution in [0.25, 0.3) is 0 Å². The number of nitrogens with zero attached hydrogens (tertiary/aromatic N) is 1. The van der Waals surface area contributed by atoms with Gasteiger partial charge in [-0.05, 0) is 40.8 Å². The standard InChI is InChI=1S/C11H8ClIN2O4S2/c1-19-10(16)9-11(20-5-14-9)21(17,18)15-8-3-2-6(12)4-7(8)13/h2-5,15H,1H3. The molecule has 6 nitrogen and oxygen atoms in total. The van der Waals surface area contributed by atoms with Gasteiger partial charge in [0.1, 0.15) is 0 Å². The minimum atomic E-state index is -3.93. The molecule has 0 spiro atoms. The van der Waals surface area contributed by atoms with Gasteiger partial charge in [-0.25, -0.2) is 18.2 Å². The Bertz CT molecular complexity index is 791. The number of benzene rings is 1. The highest BCUT2D eigenvalue weighted by Crippen LogP contribution is 2.27. The molecule has 0 aliphatic carbocycles. The van der Waals surface area contributed by atoms with Crippen LogP contribution in [0.5, 0.6) is 0 Å². The van der Waals surface area contributed by atoms with Crippen LogP contribution in [-0.4, -0.2) is 26.5 Å². The van der Waals surface area contributed by atoms with Crippen LogP contribution in [0.4, 0.5) is 5.69 Å². The van der Waals surface area contributed by atoms with Crippen LogP contribution in [0.3, 0.4) is 0 Å². The van der Waals surface area contributed by atoms with Crippen LogP contribution in [0, 0.1) is 3.57 Å². The van der Waals surface area contributed by atoms with Gasteiger partial charge in [-0.15, -0.1) is 11.3 Å².